The van der Waals surface area contributed by atoms with Gasteiger partial charge in [-0.1, -0.05) is 5.16 Å². The molecule has 2 aromatic rings. The molecule has 0 unspecified atom stereocenters. The molecule has 2 heterocycles. The molecular weight excluding hydrogens is 297 g/mol. The summed E-state index contributed by atoms with van der Waals surface area (Å²) in [6.07, 6.45) is 0.959. The van der Waals surface area contributed by atoms with Crippen LogP contribution in [0.5, 0.6) is 0 Å². The summed E-state index contributed by atoms with van der Waals surface area (Å²) in [5.74, 6) is 0.899. The molecule has 0 aromatic carbocycles. The van der Waals surface area contributed by atoms with E-state index in [2.05, 4.69) is 20.3 Å². The van der Waals surface area contributed by atoms with Crippen molar-refractivity contribution in [3.63, 3.8) is 0 Å². The van der Waals surface area contributed by atoms with E-state index in [0.29, 0.717) is 36.5 Å². The van der Waals surface area contributed by atoms with Crippen molar-refractivity contribution in [2.75, 3.05) is 0 Å². The van der Waals surface area contributed by atoms with Crippen molar-refractivity contribution in [3.8, 4) is 11.4 Å². The molecule has 2 bridgehead atoms. The van der Waals surface area contributed by atoms with Crippen molar-refractivity contribution in [3.05, 3.63) is 18.3 Å². The molecule has 22 heavy (non-hydrogen) atoms. The largest absolute Gasteiger partial charge is 0.394 e. The zero-order chi connectivity index (χ0) is 15.4. The van der Waals surface area contributed by atoms with Gasteiger partial charge in [0.15, 0.2) is 0 Å². The number of fused-ring (bicyclic) bond motifs is 3. The maximum Gasteiger partial charge on any atom is 0.394 e. The Bertz CT molecular complexity index is 652. The zero-order valence-corrected chi connectivity index (χ0v) is 11.8. The summed E-state index contributed by atoms with van der Waals surface area (Å²) < 4.78 is 45.2. The van der Waals surface area contributed by atoms with Gasteiger partial charge in [-0.25, -0.2) is 0 Å². The first kappa shape index (κ1) is 13.8. The van der Waals surface area contributed by atoms with Gasteiger partial charge >= 0.3 is 6.18 Å². The van der Waals surface area contributed by atoms with E-state index in [0.717, 1.165) is 0 Å². The number of hydrogen-bond donors (Lipinski definition) is 1. The summed E-state index contributed by atoms with van der Waals surface area (Å²) in [5, 5.41) is 10.4. The summed E-state index contributed by atoms with van der Waals surface area (Å²) in [7, 11) is 0. The molecule has 0 aliphatic heterocycles. The second kappa shape index (κ2) is 4.33. The highest BCUT2D eigenvalue weighted by atomic mass is 19.4. The first-order valence-corrected chi connectivity index (χ1v) is 7.34. The molecule has 5 nitrogen and oxygen atoms in total. The second-order valence-corrected chi connectivity index (χ2v) is 6.47. The molecule has 0 spiro atoms. The quantitative estimate of drug-likeness (QED) is 0.919. The van der Waals surface area contributed by atoms with Gasteiger partial charge in [-0.3, -0.25) is 5.10 Å². The molecule has 3 saturated carbocycles. The van der Waals surface area contributed by atoms with Gasteiger partial charge in [-0.15, -0.1) is 0 Å². The van der Waals surface area contributed by atoms with Crippen molar-refractivity contribution in [2.45, 2.75) is 50.1 Å². The van der Waals surface area contributed by atoms with Crippen LogP contribution in [0.1, 0.15) is 44.4 Å². The summed E-state index contributed by atoms with van der Waals surface area (Å²) in [5.41, 5.74) is -1.17. The number of hydrogen-bond acceptors (Lipinski definition) is 4. The van der Waals surface area contributed by atoms with Crippen LogP contribution in [0.15, 0.2) is 16.9 Å². The summed E-state index contributed by atoms with van der Waals surface area (Å²) in [6, 6.07) is 0. The molecule has 0 amide bonds. The van der Waals surface area contributed by atoms with Crippen LogP contribution in [0.3, 0.4) is 0 Å². The normalized spacial score (nSPS) is 31.6. The molecule has 2 aromatic heterocycles. The maximum atomic E-state index is 13.3. The Labute approximate surface area is 124 Å². The summed E-state index contributed by atoms with van der Waals surface area (Å²) >= 11 is 0. The van der Waals surface area contributed by atoms with Crippen molar-refractivity contribution < 1.29 is 17.7 Å². The standard InChI is InChI=1S/C14H15F3N4O/c15-14(16,17)13-4-1-12(2-5-13,3-6-13)11-20-10(21-22-11)9-7-18-19-8-9/h7-8H,1-6H2,(H,18,19). The van der Waals surface area contributed by atoms with E-state index in [9.17, 15) is 13.2 Å². The van der Waals surface area contributed by atoms with E-state index < -0.39 is 11.6 Å². The van der Waals surface area contributed by atoms with Gasteiger partial charge in [0, 0.05) is 11.6 Å². The fraction of sp³-hybridized carbons (Fsp3) is 0.643. The Balaban J connectivity index is 1.61. The van der Waals surface area contributed by atoms with E-state index in [1.54, 1.807) is 12.4 Å². The Morgan fingerprint density at radius 1 is 1.09 bits per heavy atom. The van der Waals surface area contributed by atoms with E-state index in [-0.39, 0.29) is 24.7 Å². The van der Waals surface area contributed by atoms with Gasteiger partial charge in [0.05, 0.1) is 17.2 Å². The van der Waals surface area contributed by atoms with Crippen LogP contribution in [0.4, 0.5) is 13.2 Å². The number of alkyl halides is 3. The number of nitrogens with zero attached hydrogens (tertiary/aromatic N) is 3. The molecule has 118 valence electrons. The summed E-state index contributed by atoms with van der Waals surface area (Å²) in [4.78, 5) is 4.41. The average Bonchev–Trinajstić information content (AvgIpc) is 3.19. The predicted molar refractivity (Wildman–Crippen MR) is 69.7 cm³/mol. The Morgan fingerprint density at radius 3 is 2.32 bits per heavy atom. The summed E-state index contributed by atoms with van der Waals surface area (Å²) in [6.45, 7) is 0. The molecule has 3 fully saturated rings. The Morgan fingerprint density at radius 2 is 1.77 bits per heavy atom. The molecule has 0 atom stereocenters. The van der Waals surface area contributed by atoms with Gasteiger partial charge in [0.1, 0.15) is 0 Å². The third-order valence-corrected chi connectivity index (χ3v) is 5.48. The van der Waals surface area contributed by atoms with Crippen LogP contribution in [0.25, 0.3) is 11.4 Å². The predicted octanol–water partition coefficient (Wildman–Crippen LogP) is 3.61. The van der Waals surface area contributed by atoms with Gasteiger partial charge in [0.25, 0.3) is 0 Å². The fourth-order valence-electron chi connectivity index (χ4n) is 3.86. The average molecular weight is 312 g/mol. The van der Waals surface area contributed by atoms with Crippen LogP contribution in [0, 0.1) is 5.41 Å². The van der Waals surface area contributed by atoms with Crippen LogP contribution >= 0.6 is 0 Å². The molecule has 3 aliphatic carbocycles. The number of halogens is 3. The van der Waals surface area contributed by atoms with Gasteiger partial charge < -0.3 is 4.52 Å². The number of aromatic nitrogens is 4. The lowest BCUT2D eigenvalue weighted by Crippen LogP contribution is -2.51. The molecule has 0 saturated heterocycles. The van der Waals surface area contributed by atoms with Crippen LogP contribution in [-0.4, -0.2) is 26.5 Å². The molecule has 8 heteroatoms. The molecule has 1 N–H and O–H groups in total. The van der Waals surface area contributed by atoms with Crippen molar-refractivity contribution in [1.82, 2.24) is 20.3 Å². The highest BCUT2D eigenvalue weighted by Gasteiger charge is 2.62. The first-order chi connectivity index (χ1) is 10.4. The second-order valence-electron chi connectivity index (χ2n) is 6.47. The highest BCUT2D eigenvalue weighted by molar-refractivity contribution is 5.50. The lowest BCUT2D eigenvalue weighted by Gasteiger charge is -2.52. The molecule has 5 rings (SSSR count). The number of nitrogens with one attached hydrogen (secondary N) is 1. The SMILES string of the molecule is FC(F)(F)C12CCC(c3nc(-c4cn[nH]c4)no3)(CC1)CC2. The smallest absolute Gasteiger partial charge is 0.338 e. The molecular formula is C14H15F3N4O. The third-order valence-electron chi connectivity index (χ3n) is 5.48. The number of rotatable bonds is 2. The highest BCUT2D eigenvalue weighted by Crippen LogP contribution is 2.63. The van der Waals surface area contributed by atoms with Crippen molar-refractivity contribution in [2.24, 2.45) is 5.41 Å². The minimum atomic E-state index is -4.11. The minimum absolute atomic E-state index is 0.153. The fourth-order valence-corrected chi connectivity index (χ4v) is 3.86. The number of H-pyrrole nitrogens is 1. The topological polar surface area (TPSA) is 67.6 Å². The zero-order valence-electron chi connectivity index (χ0n) is 11.8. The van der Waals surface area contributed by atoms with Gasteiger partial charge in [0.2, 0.25) is 11.7 Å². The lowest BCUT2D eigenvalue weighted by atomic mass is 9.53. The van der Waals surface area contributed by atoms with Gasteiger partial charge in [-0.2, -0.15) is 23.3 Å². The third kappa shape index (κ3) is 1.82. The van der Waals surface area contributed by atoms with Crippen LogP contribution in [0.2, 0.25) is 0 Å². The Kier molecular flexibility index (Phi) is 2.71. The monoisotopic (exact) mass is 312 g/mol. The van der Waals surface area contributed by atoms with Gasteiger partial charge in [-0.05, 0) is 38.5 Å². The van der Waals surface area contributed by atoms with Crippen molar-refractivity contribution in [1.29, 1.82) is 0 Å². The van der Waals surface area contributed by atoms with E-state index in [1.165, 1.54) is 0 Å². The van der Waals surface area contributed by atoms with E-state index in [4.69, 9.17) is 4.52 Å². The molecule has 0 radical (unpaired) electrons. The maximum absolute atomic E-state index is 13.3. The van der Waals surface area contributed by atoms with Crippen LogP contribution < -0.4 is 0 Å². The minimum Gasteiger partial charge on any atom is -0.338 e. The Hall–Kier alpha value is -1.86. The lowest BCUT2D eigenvalue weighted by molar-refractivity contribution is -0.254. The number of aromatic amines is 1. The van der Waals surface area contributed by atoms with E-state index in [1.807, 2.05) is 0 Å². The first-order valence-electron chi connectivity index (χ1n) is 7.34. The molecule has 3 aliphatic rings. The van der Waals surface area contributed by atoms with Crippen LogP contribution in [-0.2, 0) is 5.41 Å². The van der Waals surface area contributed by atoms with Crippen molar-refractivity contribution >= 4 is 0 Å². The van der Waals surface area contributed by atoms with E-state index >= 15 is 0 Å².